The van der Waals surface area contributed by atoms with Crippen LogP contribution < -0.4 is 16.4 Å². The molecule has 1 aromatic rings. The van der Waals surface area contributed by atoms with Gasteiger partial charge in [0, 0.05) is 17.8 Å². The molecule has 5 nitrogen and oxygen atoms in total. The van der Waals surface area contributed by atoms with E-state index in [0.29, 0.717) is 12.1 Å². The van der Waals surface area contributed by atoms with Crippen LogP contribution in [0.1, 0.15) is 12.8 Å². The van der Waals surface area contributed by atoms with E-state index in [1.807, 2.05) is 0 Å². The molecular formula is C11H13ClFN3O2. The van der Waals surface area contributed by atoms with Crippen molar-refractivity contribution in [3.8, 4) is 0 Å². The first kappa shape index (κ1) is 14.2. The lowest BCUT2D eigenvalue weighted by Crippen LogP contribution is -2.47. The average Bonchev–Trinajstić information content (AvgIpc) is 2.21. The van der Waals surface area contributed by atoms with Gasteiger partial charge in [-0.05, 0) is 24.6 Å². The van der Waals surface area contributed by atoms with E-state index < -0.39 is 17.8 Å². The molecule has 0 spiro atoms. The molecule has 1 atom stereocenters. The van der Waals surface area contributed by atoms with Gasteiger partial charge in [-0.25, -0.2) is 4.39 Å². The third kappa shape index (κ3) is 3.33. The Morgan fingerprint density at radius 1 is 1.33 bits per heavy atom. The van der Waals surface area contributed by atoms with Crippen LogP contribution in [0.5, 0.6) is 0 Å². The number of rotatable bonds is 2. The number of carbonyl (C=O) groups excluding carboxylic acids is 2. The number of benzene rings is 1. The van der Waals surface area contributed by atoms with Gasteiger partial charge in [-0.2, -0.15) is 0 Å². The molecule has 1 aliphatic rings. The van der Waals surface area contributed by atoms with Gasteiger partial charge in [0.25, 0.3) is 0 Å². The Morgan fingerprint density at radius 2 is 2.06 bits per heavy atom. The van der Waals surface area contributed by atoms with E-state index in [0.717, 1.165) is 0 Å². The highest BCUT2D eigenvalue weighted by Crippen LogP contribution is 2.18. The molecule has 0 saturated carbocycles. The fourth-order valence-corrected chi connectivity index (χ4v) is 1.73. The summed E-state index contributed by atoms with van der Waals surface area (Å²) in [6.45, 7) is 0. The number of anilines is 2. The molecule has 1 aliphatic heterocycles. The van der Waals surface area contributed by atoms with Crippen molar-refractivity contribution in [2.24, 2.45) is 0 Å². The predicted molar refractivity (Wildman–Crippen MR) is 67.9 cm³/mol. The number of hydrogen-bond donors (Lipinski definition) is 3. The molecule has 1 unspecified atom stereocenters. The van der Waals surface area contributed by atoms with E-state index in [1.54, 1.807) is 0 Å². The zero-order chi connectivity index (χ0) is 12.4. The van der Waals surface area contributed by atoms with Crippen LogP contribution in [-0.4, -0.2) is 17.9 Å². The number of hydrogen-bond acceptors (Lipinski definition) is 4. The van der Waals surface area contributed by atoms with Crippen molar-refractivity contribution in [1.82, 2.24) is 5.32 Å². The van der Waals surface area contributed by atoms with E-state index in [4.69, 9.17) is 5.73 Å². The quantitative estimate of drug-likeness (QED) is 0.555. The van der Waals surface area contributed by atoms with Crippen LogP contribution in [0.2, 0.25) is 0 Å². The SMILES string of the molecule is Cl.Nc1cc(F)cc(NC2CCC(=O)NC2=O)c1. The van der Waals surface area contributed by atoms with Gasteiger partial charge in [0.1, 0.15) is 11.9 Å². The average molecular weight is 274 g/mol. The molecule has 1 saturated heterocycles. The number of carbonyl (C=O) groups is 2. The number of halogens is 2. The summed E-state index contributed by atoms with van der Waals surface area (Å²) in [5, 5.41) is 5.06. The van der Waals surface area contributed by atoms with Crippen molar-refractivity contribution in [2.75, 3.05) is 11.1 Å². The number of nitrogens with two attached hydrogens (primary N) is 1. The molecule has 1 fully saturated rings. The summed E-state index contributed by atoms with van der Waals surface area (Å²) in [5.74, 6) is -1.16. The monoisotopic (exact) mass is 273 g/mol. The molecule has 1 heterocycles. The van der Waals surface area contributed by atoms with Gasteiger partial charge in [-0.1, -0.05) is 0 Å². The highest BCUT2D eigenvalue weighted by molar-refractivity contribution is 6.01. The number of amides is 2. The fraction of sp³-hybridized carbons (Fsp3) is 0.273. The maximum absolute atomic E-state index is 13.1. The van der Waals surface area contributed by atoms with Gasteiger partial charge in [-0.15, -0.1) is 12.4 Å². The van der Waals surface area contributed by atoms with Gasteiger partial charge in [-0.3, -0.25) is 14.9 Å². The number of nitrogen functional groups attached to an aromatic ring is 1. The van der Waals surface area contributed by atoms with E-state index in [9.17, 15) is 14.0 Å². The third-order valence-electron chi connectivity index (χ3n) is 2.50. The smallest absolute Gasteiger partial charge is 0.249 e. The van der Waals surface area contributed by atoms with Crippen molar-refractivity contribution >= 4 is 35.6 Å². The first-order chi connectivity index (χ1) is 8.04. The Balaban J connectivity index is 0.00000162. The minimum absolute atomic E-state index is 0. The summed E-state index contributed by atoms with van der Waals surface area (Å²) < 4.78 is 13.1. The van der Waals surface area contributed by atoms with Crippen molar-refractivity contribution < 1.29 is 14.0 Å². The first-order valence-electron chi connectivity index (χ1n) is 5.21. The molecule has 4 N–H and O–H groups in total. The normalized spacial score (nSPS) is 18.8. The standard InChI is InChI=1S/C11H12FN3O2.ClH/c12-6-3-7(13)5-8(4-6)14-9-1-2-10(16)15-11(9)17;/h3-5,9,14H,1-2,13H2,(H,15,16,17);1H. The van der Waals surface area contributed by atoms with E-state index in [2.05, 4.69) is 10.6 Å². The third-order valence-corrected chi connectivity index (χ3v) is 2.50. The first-order valence-corrected chi connectivity index (χ1v) is 5.21. The largest absolute Gasteiger partial charge is 0.399 e. The summed E-state index contributed by atoms with van der Waals surface area (Å²) in [4.78, 5) is 22.4. The highest BCUT2D eigenvalue weighted by atomic mass is 35.5. The van der Waals surface area contributed by atoms with Gasteiger partial charge >= 0.3 is 0 Å². The van der Waals surface area contributed by atoms with E-state index in [1.165, 1.54) is 18.2 Å². The summed E-state index contributed by atoms with van der Waals surface area (Å²) in [5.41, 5.74) is 6.19. The van der Waals surface area contributed by atoms with Crippen molar-refractivity contribution in [3.05, 3.63) is 24.0 Å². The molecule has 7 heteroatoms. The number of imide groups is 1. The number of nitrogens with one attached hydrogen (secondary N) is 2. The Bertz CT molecular complexity index is 461. The molecule has 98 valence electrons. The van der Waals surface area contributed by atoms with Crippen LogP contribution in [0.15, 0.2) is 18.2 Å². The Kier molecular flexibility index (Phi) is 4.49. The second-order valence-corrected chi connectivity index (χ2v) is 3.92. The van der Waals surface area contributed by atoms with Crippen LogP contribution in [0, 0.1) is 5.82 Å². The predicted octanol–water partition coefficient (Wildman–Crippen LogP) is 1.05. The molecular weight excluding hydrogens is 261 g/mol. The molecule has 1 aromatic carbocycles. The van der Waals surface area contributed by atoms with Crippen LogP contribution in [0.4, 0.5) is 15.8 Å². The molecule has 0 aliphatic carbocycles. The van der Waals surface area contributed by atoms with Crippen molar-refractivity contribution in [2.45, 2.75) is 18.9 Å². The second kappa shape index (κ2) is 5.68. The number of piperidine rings is 1. The topological polar surface area (TPSA) is 84.2 Å². The van der Waals surface area contributed by atoms with E-state index >= 15 is 0 Å². The Labute approximate surface area is 109 Å². The maximum atomic E-state index is 13.1. The Hall–Kier alpha value is -1.82. The Morgan fingerprint density at radius 3 is 2.67 bits per heavy atom. The van der Waals surface area contributed by atoms with Crippen LogP contribution >= 0.6 is 12.4 Å². The minimum atomic E-state index is -0.533. The van der Waals surface area contributed by atoms with Gasteiger partial charge in [0.15, 0.2) is 0 Å². The molecule has 2 rings (SSSR count). The van der Waals surface area contributed by atoms with Crippen LogP contribution in [-0.2, 0) is 9.59 Å². The highest BCUT2D eigenvalue weighted by Gasteiger charge is 2.26. The zero-order valence-corrected chi connectivity index (χ0v) is 10.2. The fourth-order valence-electron chi connectivity index (χ4n) is 1.73. The van der Waals surface area contributed by atoms with E-state index in [-0.39, 0.29) is 30.4 Å². The molecule has 18 heavy (non-hydrogen) atoms. The second-order valence-electron chi connectivity index (χ2n) is 3.92. The lowest BCUT2D eigenvalue weighted by atomic mass is 10.1. The molecule has 2 amide bonds. The van der Waals surface area contributed by atoms with Crippen molar-refractivity contribution in [3.63, 3.8) is 0 Å². The molecule has 0 bridgehead atoms. The van der Waals surface area contributed by atoms with Crippen molar-refractivity contribution in [1.29, 1.82) is 0 Å². The van der Waals surface area contributed by atoms with Crippen LogP contribution in [0.3, 0.4) is 0 Å². The summed E-state index contributed by atoms with van der Waals surface area (Å²) in [7, 11) is 0. The lowest BCUT2D eigenvalue weighted by Gasteiger charge is -2.22. The molecule has 0 radical (unpaired) electrons. The summed E-state index contributed by atoms with van der Waals surface area (Å²) in [6.07, 6.45) is 0.662. The van der Waals surface area contributed by atoms with Gasteiger partial charge in [0.2, 0.25) is 11.8 Å². The van der Waals surface area contributed by atoms with Gasteiger partial charge < -0.3 is 11.1 Å². The summed E-state index contributed by atoms with van der Waals surface area (Å²) in [6, 6.07) is 3.44. The lowest BCUT2D eigenvalue weighted by molar-refractivity contribution is -0.133. The summed E-state index contributed by atoms with van der Waals surface area (Å²) >= 11 is 0. The van der Waals surface area contributed by atoms with Crippen LogP contribution in [0.25, 0.3) is 0 Å². The maximum Gasteiger partial charge on any atom is 0.249 e. The zero-order valence-electron chi connectivity index (χ0n) is 9.40. The minimum Gasteiger partial charge on any atom is -0.399 e. The van der Waals surface area contributed by atoms with Gasteiger partial charge in [0.05, 0.1) is 0 Å². The molecule has 0 aromatic heterocycles.